The van der Waals surface area contributed by atoms with Crippen molar-refractivity contribution in [3.63, 3.8) is 0 Å². The van der Waals surface area contributed by atoms with E-state index < -0.39 is 5.97 Å². The van der Waals surface area contributed by atoms with E-state index in [1.807, 2.05) is 30.3 Å². The number of aliphatic hydroxyl groups excluding tert-OH is 1. The highest BCUT2D eigenvalue weighted by Gasteiger charge is 2.33. The predicted molar refractivity (Wildman–Crippen MR) is 178 cm³/mol. The van der Waals surface area contributed by atoms with Gasteiger partial charge in [0.05, 0.1) is 33.3 Å². The van der Waals surface area contributed by atoms with Crippen LogP contribution >= 0.6 is 23.2 Å². The molecule has 3 fully saturated rings. The van der Waals surface area contributed by atoms with Gasteiger partial charge < -0.3 is 24.8 Å². The van der Waals surface area contributed by atoms with Crippen molar-refractivity contribution in [3.05, 3.63) is 69.7 Å². The van der Waals surface area contributed by atoms with Crippen molar-refractivity contribution >= 4 is 46.0 Å². The summed E-state index contributed by atoms with van der Waals surface area (Å²) in [5, 5.41) is 24.0. The molecule has 0 unspecified atom stereocenters. The van der Waals surface area contributed by atoms with E-state index in [2.05, 4.69) is 40.2 Å². The highest BCUT2D eigenvalue weighted by molar-refractivity contribution is 6.35. The SMILES string of the molecule is Cc1c(-c2ccccc2)cc(Cl)c(N2CCC(NC3CC(O)C3)CC2)c1-c1nc2cc(CN3CC[C@@H](C(=O)O)C3)cc(Cl)c2o1. The number of benzene rings is 3. The Bertz CT molecular complexity index is 1710. The van der Waals surface area contributed by atoms with Crippen molar-refractivity contribution in [2.45, 2.75) is 63.8 Å². The molecule has 8 nitrogen and oxygen atoms in total. The van der Waals surface area contributed by atoms with Crippen LogP contribution in [0.3, 0.4) is 0 Å². The van der Waals surface area contributed by atoms with Gasteiger partial charge in [-0.25, -0.2) is 4.98 Å². The van der Waals surface area contributed by atoms with Gasteiger partial charge in [0.2, 0.25) is 5.89 Å². The normalized spacial score (nSPS) is 22.7. The molecular formula is C35H38Cl2N4O4. The van der Waals surface area contributed by atoms with Crippen LogP contribution in [0.2, 0.25) is 10.0 Å². The minimum atomic E-state index is -0.742. The molecule has 2 aliphatic heterocycles. The molecule has 0 spiro atoms. The van der Waals surface area contributed by atoms with Crippen molar-refractivity contribution < 1.29 is 19.4 Å². The van der Waals surface area contributed by atoms with Crippen molar-refractivity contribution in [2.24, 2.45) is 5.92 Å². The summed E-state index contributed by atoms with van der Waals surface area (Å²) in [4.78, 5) is 21.0. The Balaban J connectivity index is 1.23. The highest BCUT2D eigenvalue weighted by atomic mass is 35.5. The number of hydrogen-bond donors (Lipinski definition) is 3. The second-order valence-corrected chi connectivity index (χ2v) is 13.7. The number of likely N-dealkylation sites (tertiary alicyclic amines) is 1. The first-order valence-corrected chi connectivity index (χ1v) is 16.6. The molecule has 4 aromatic rings. The van der Waals surface area contributed by atoms with Gasteiger partial charge in [-0.1, -0.05) is 53.5 Å². The van der Waals surface area contributed by atoms with E-state index in [0.29, 0.717) is 58.6 Å². The Hall–Kier alpha value is -3.14. The van der Waals surface area contributed by atoms with Crippen LogP contribution in [-0.4, -0.2) is 70.4 Å². The maximum atomic E-state index is 11.5. The van der Waals surface area contributed by atoms with Gasteiger partial charge in [-0.15, -0.1) is 0 Å². The number of fused-ring (bicyclic) bond motifs is 1. The number of nitrogens with zero attached hydrogens (tertiary/aromatic N) is 3. The van der Waals surface area contributed by atoms with Crippen molar-refractivity contribution in [2.75, 3.05) is 31.1 Å². The number of aliphatic carboxylic acids is 1. The summed E-state index contributed by atoms with van der Waals surface area (Å²) in [6, 6.07) is 17.0. The molecule has 1 atom stereocenters. The summed E-state index contributed by atoms with van der Waals surface area (Å²) in [6.45, 7) is 5.63. The third-order valence-electron chi connectivity index (χ3n) is 9.74. The Kier molecular flexibility index (Phi) is 8.52. The fourth-order valence-electron chi connectivity index (χ4n) is 7.23. The molecule has 0 radical (unpaired) electrons. The quantitative estimate of drug-likeness (QED) is 0.193. The second kappa shape index (κ2) is 12.6. The number of hydrogen-bond acceptors (Lipinski definition) is 7. The van der Waals surface area contributed by atoms with Crippen molar-refractivity contribution in [3.8, 4) is 22.6 Å². The van der Waals surface area contributed by atoms with E-state index in [1.165, 1.54) is 0 Å². The Morgan fingerprint density at radius 1 is 1.02 bits per heavy atom. The smallest absolute Gasteiger partial charge is 0.307 e. The monoisotopic (exact) mass is 648 g/mol. The lowest BCUT2D eigenvalue weighted by Gasteiger charge is -2.40. The number of nitrogens with one attached hydrogen (secondary N) is 1. The summed E-state index contributed by atoms with van der Waals surface area (Å²) < 4.78 is 6.47. The largest absolute Gasteiger partial charge is 0.481 e. The molecule has 1 aromatic heterocycles. The molecule has 3 aliphatic rings. The number of oxazole rings is 1. The minimum absolute atomic E-state index is 0.166. The van der Waals surface area contributed by atoms with E-state index in [9.17, 15) is 15.0 Å². The zero-order valence-electron chi connectivity index (χ0n) is 25.3. The number of piperidine rings is 1. The van der Waals surface area contributed by atoms with E-state index in [-0.39, 0.29) is 12.0 Å². The highest BCUT2D eigenvalue weighted by Crippen LogP contribution is 2.46. The van der Waals surface area contributed by atoms with Gasteiger partial charge in [0.25, 0.3) is 0 Å². The fourth-order valence-corrected chi connectivity index (χ4v) is 7.83. The van der Waals surface area contributed by atoms with Gasteiger partial charge in [-0.2, -0.15) is 0 Å². The molecule has 3 heterocycles. The van der Waals surface area contributed by atoms with Crippen LogP contribution in [0, 0.1) is 12.8 Å². The van der Waals surface area contributed by atoms with Gasteiger partial charge in [0.1, 0.15) is 5.52 Å². The molecule has 3 aromatic carbocycles. The van der Waals surface area contributed by atoms with Crippen LogP contribution in [0.15, 0.2) is 52.9 Å². The topological polar surface area (TPSA) is 102 Å². The number of aliphatic hydroxyl groups is 1. The lowest BCUT2D eigenvalue weighted by molar-refractivity contribution is -0.141. The zero-order valence-corrected chi connectivity index (χ0v) is 26.8. The van der Waals surface area contributed by atoms with Gasteiger partial charge in [0, 0.05) is 38.3 Å². The number of anilines is 1. The number of aromatic nitrogens is 1. The van der Waals surface area contributed by atoms with Crippen LogP contribution in [0.25, 0.3) is 33.7 Å². The molecule has 45 heavy (non-hydrogen) atoms. The third kappa shape index (κ3) is 6.19. The summed E-state index contributed by atoms with van der Waals surface area (Å²) in [6.07, 6.45) is 4.10. The van der Waals surface area contributed by atoms with Gasteiger partial charge in [-0.3, -0.25) is 9.69 Å². The zero-order chi connectivity index (χ0) is 31.2. The van der Waals surface area contributed by atoms with Gasteiger partial charge >= 0.3 is 5.97 Å². The predicted octanol–water partition coefficient (Wildman–Crippen LogP) is 6.77. The van der Waals surface area contributed by atoms with Crippen molar-refractivity contribution in [1.82, 2.24) is 15.2 Å². The second-order valence-electron chi connectivity index (χ2n) is 12.9. The van der Waals surface area contributed by atoms with Crippen LogP contribution in [0.5, 0.6) is 0 Å². The number of carboxylic acids is 1. The van der Waals surface area contributed by atoms with Crippen molar-refractivity contribution in [1.29, 1.82) is 0 Å². The summed E-state index contributed by atoms with van der Waals surface area (Å²) in [5.41, 5.74) is 7.08. The van der Waals surface area contributed by atoms with E-state index in [0.717, 1.165) is 78.8 Å². The third-order valence-corrected chi connectivity index (χ3v) is 10.3. The average molecular weight is 650 g/mol. The first-order valence-electron chi connectivity index (χ1n) is 15.9. The summed E-state index contributed by atoms with van der Waals surface area (Å²) in [5.74, 6) is -0.599. The standard InChI is InChI=1S/C35H38Cl2N4O4/c1-20-27(22-5-3-2-4-6-22)17-28(36)32(41-11-8-24(9-12-41)38-25-15-26(42)16-25)31(20)34-39-30-14-21(13-29(37)33(30)45-34)18-40-10-7-23(19-40)35(43)44/h2-6,13-14,17,23-26,38,42H,7-12,15-16,18-19H2,1H3,(H,43,44)/t23-,25?,26?/m1/s1. The van der Waals surface area contributed by atoms with Crippen LogP contribution in [0.4, 0.5) is 5.69 Å². The number of halogens is 2. The molecule has 1 saturated carbocycles. The average Bonchev–Trinajstić information content (AvgIpc) is 3.66. The van der Waals surface area contributed by atoms with Crippen LogP contribution < -0.4 is 10.2 Å². The van der Waals surface area contributed by atoms with Crippen LogP contribution in [0.1, 0.15) is 43.2 Å². The van der Waals surface area contributed by atoms with Gasteiger partial charge in [-0.05, 0) is 86.0 Å². The number of carboxylic acid groups (broad SMARTS) is 1. The molecular weight excluding hydrogens is 611 g/mol. The Morgan fingerprint density at radius 3 is 2.47 bits per heavy atom. The van der Waals surface area contributed by atoms with E-state index in [1.54, 1.807) is 0 Å². The number of rotatable bonds is 8. The lowest BCUT2D eigenvalue weighted by Crippen LogP contribution is -2.52. The molecule has 2 saturated heterocycles. The van der Waals surface area contributed by atoms with Gasteiger partial charge in [0.15, 0.2) is 5.58 Å². The first-order chi connectivity index (χ1) is 21.7. The van der Waals surface area contributed by atoms with E-state index >= 15 is 0 Å². The minimum Gasteiger partial charge on any atom is -0.481 e. The molecule has 7 rings (SSSR count). The lowest BCUT2D eigenvalue weighted by atomic mass is 9.88. The summed E-state index contributed by atoms with van der Waals surface area (Å²) in [7, 11) is 0. The molecule has 3 N–H and O–H groups in total. The fraction of sp³-hybridized carbons (Fsp3) is 0.429. The Morgan fingerprint density at radius 2 is 1.78 bits per heavy atom. The first kappa shape index (κ1) is 30.5. The molecule has 10 heteroatoms. The van der Waals surface area contributed by atoms with Crippen LogP contribution in [-0.2, 0) is 11.3 Å². The van der Waals surface area contributed by atoms with E-state index in [4.69, 9.17) is 32.6 Å². The molecule has 1 aliphatic carbocycles. The Labute approximate surface area is 272 Å². The summed E-state index contributed by atoms with van der Waals surface area (Å²) >= 11 is 14.0. The molecule has 236 valence electrons. The molecule has 0 bridgehead atoms. The number of carbonyl (C=O) groups is 1. The maximum Gasteiger partial charge on any atom is 0.307 e. The molecule has 0 amide bonds. The maximum absolute atomic E-state index is 11.5.